The van der Waals surface area contributed by atoms with E-state index in [1.165, 1.54) is 4.88 Å². The highest BCUT2D eigenvalue weighted by Crippen LogP contribution is 2.42. The van der Waals surface area contributed by atoms with Crippen LogP contribution in [0.3, 0.4) is 0 Å². The predicted molar refractivity (Wildman–Crippen MR) is 136 cm³/mol. The molecule has 1 saturated carbocycles. The van der Waals surface area contributed by atoms with Gasteiger partial charge in [0.25, 0.3) is 0 Å². The molecule has 188 valence electrons. The minimum absolute atomic E-state index is 0.0385. The summed E-state index contributed by atoms with van der Waals surface area (Å²) in [6, 6.07) is 10.2. The number of fused-ring (bicyclic) bond motifs is 1. The standard InChI is InChI=1S/C27H35N3O4S/c31-25(19-30-13-8-20(9-14-30)26(32)28-12-7-22-4-3-17-35-22)29-27(10-1-2-11-27)21-5-6-23-24(18-21)34-16-15-33-23/h3-6,17-18,20H,1-2,7-16,19H2,(H,28,32)(H,29,31). The SMILES string of the molecule is O=C(CN1CCC(C(=O)NCCc2cccs2)CC1)NC1(c2ccc3c(c2)OCCO3)CCCC1. The van der Waals surface area contributed by atoms with Crippen LogP contribution in [0.4, 0.5) is 0 Å². The Labute approximate surface area is 211 Å². The first-order chi connectivity index (χ1) is 17.1. The van der Waals surface area contributed by atoms with Gasteiger partial charge in [0.2, 0.25) is 11.8 Å². The molecule has 7 nitrogen and oxygen atoms in total. The van der Waals surface area contributed by atoms with Crippen LogP contribution in [-0.4, -0.2) is 56.1 Å². The quantitative estimate of drug-likeness (QED) is 0.584. The van der Waals surface area contributed by atoms with Crippen molar-refractivity contribution >= 4 is 23.2 Å². The molecular formula is C27H35N3O4S. The van der Waals surface area contributed by atoms with Crippen LogP contribution in [-0.2, 0) is 21.5 Å². The molecule has 1 aromatic carbocycles. The predicted octanol–water partition coefficient (Wildman–Crippen LogP) is 3.48. The zero-order valence-electron chi connectivity index (χ0n) is 20.2. The second kappa shape index (κ2) is 11.0. The molecule has 3 heterocycles. The Bertz CT molecular complexity index is 1010. The van der Waals surface area contributed by atoms with Gasteiger partial charge in [-0.2, -0.15) is 0 Å². The molecule has 2 aromatic rings. The number of benzene rings is 1. The van der Waals surface area contributed by atoms with Crippen LogP contribution in [0.1, 0.15) is 49.0 Å². The van der Waals surface area contributed by atoms with Gasteiger partial charge < -0.3 is 20.1 Å². The van der Waals surface area contributed by atoms with Gasteiger partial charge in [-0.15, -0.1) is 11.3 Å². The molecule has 0 atom stereocenters. The molecule has 1 aliphatic carbocycles. The highest BCUT2D eigenvalue weighted by Gasteiger charge is 2.38. The van der Waals surface area contributed by atoms with Crippen molar-refractivity contribution in [2.45, 2.75) is 50.5 Å². The third-order valence-corrected chi connectivity index (χ3v) is 8.44. The molecule has 2 N–H and O–H groups in total. The van der Waals surface area contributed by atoms with Crippen molar-refractivity contribution in [3.05, 3.63) is 46.2 Å². The first-order valence-corrected chi connectivity index (χ1v) is 13.7. The van der Waals surface area contributed by atoms with Gasteiger partial charge in [-0.05, 0) is 74.3 Å². The molecule has 2 fully saturated rings. The highest BCUT2D eigenvalue weighted by molar-refractivity contribution is 7.09. The maximum absolute atomic E-state index is 13.1. The lowest BCUT2D eigenvalue weighted by Crippen LogP contribution is -2.49. The van der Waals surface area contributed by atoms with Gasteiger partial charge in [-0.25, -0.2) is 0 Å². The average Bonchev–Trinajstić information content (AvgIpc) is 3.57. The van der Waals surface area contributed by atoms with Crippen LogP contribution in [0.15, 0.2) is 35.7 Å². The molecule has 35 heavy (non-hydrogen) atoms. The molecule has 0 unspecified atom stereocenters. The largest absolute Gasteiger partial charge is 0.486 e. The molecule has 0 radical (unpaired) electrons. The van der Waals surface area contributed by atoms with Crippen LogP contribution in [0, 0.1) is 5.92 Å². The lowest BCUT2D eigenvalue weighted by molar-refractivity contribution is -0.127. The fraction of sp³-hybridized carbons (Fsp3) is 0.556. The van der Waals surface area contributed by atoms with E-state index in [9.17, 15) is 9.59 Å². The zero-order chi connectivity index (χ0) is 24.1. The number of thiophene rings is 1. The Hall–Kier alpha value is -2.58. The highest BCUT2D eigenvalue weighted by atomic mass is 32.1. The number of ether oxygens (including phenoxy) is 2. The van der Waals surface area contributed by atoms with Crippen molar-refractivity contribution in [3.8, 4) is 11.5 Å². The maximum atomic E-state index is 13.1. The van der Waals surface area contributed by atoms with Crippen LogP contribution in [0.5, 0.6) is 11.5 Å². The lowest BCUT2D eigenvalue weighted by Gasteiger charge is -2.35. The van der Waals surface area contributed by atoms with Gasteiger partial charge >= 0.3 is 0 Å². The van der Waals surface area contributed by atoms with Gasteiger partial charge in [0, 0.05) is 17.3 Å². The van der Waals surface area contributed by atoms with Gasteiger partial charge in [-0.3, -0.25) is 14.5 Å². The summed E-state index contributed by atoms with van der Waals surface area (Å²) < 4.78 is 11.5. The first-order valence-electron chi connectivity index (χ1n) is 12.8. The van der Waals surface area contributed by atoms with E-state index in [0.717, 1.165) is 75.1 Å². The second-order valence-electron chi connectivity index (χ2n) is 9.87. The summed E-state index contributed by atoms with van der Waals surface area (Å²) in [4.78, 5) is 29.2. The number of hydrogen-bond acceptors (Lipinski definition) is 6. The maximum Gasteiger partial charge on any atom is 0.234 e. The third kappa shape index (κ3) is 5.81. The van der Waals surface area contributed by atoms with Gasteiger partial charge in [0.15, 0.2) is 11.5 Å². The van der Waals surface area contributed by atoms with Crippen molar-refractivity contribution in [2.75, 3.05) is 39.4 Å². The topological polar surface area (TPSA) is 79.9 Å². The van der Waals surface area contributed by atoms with Gasteiger partial charge in [0.05, 0.1) is 12.1 Å². The summed E-state index contributed by atoms with van der Waals surface area (Å²) in [6.45, 7) is 3.73. The average molecular weight is 498 g/mol. The summed E-state index contributed by atoms with van der Waals surface area (Å²) in [6.07, 6.45) is 6.55. The number of piperidine rings is 1. The Balaban J connectivity index is 1.11. The number of likely N-dealkylation sites (tertiary alicyclic amines) is 1. The fourth-order valence-corrected chi connectivity index (χ4v) is 6.29. The zero-order valence-corrected chi connectivity index (χ0v) is 21.0. The number of nitrogens with zero attached hydrogens (tertiary/aromatic N) is 1. The van der Waals surface area contributed by atoms with E-state index in [4.69, 9.17) is 9.47 Å². The Morgan fingerprint density at radius 1 is 1.06 bits per heavy atom. The molecule has 1 aromatic heterocycles. The van der Waals surface area contributed by atoms with E-state index in [1.807, 2.05) is 18.2 Å². The van der Waals surface area contributed by atoms with Gasteiger partial charge in [-0.1, -0.05) is 25.0 Å². The molecule has 8 heteroatoms. The summed E-state index contributed by atoms with van der Waals surface area (Å²) in [5.74, 6) is 1.79. The van der Waals surface area contributed by atoms with Gasteiger partial charge in [0.1, 0.15) is 13.2 Å². The molecule has 5 rings (SSSR count). The summed E-state index contributed by atoms with van der Waals surface area (Å²) in [7, 11) is 0. The van der Waals surface area contributed by atoms with E-state index >= 15 is 0 Å². The number of carbonyl (C=O) groups is 2. The van der Waals surface area contributed by atoms with E-state index in [-0.39, 0.29) is 23.3 Å². The molecule has 0 bridgehead atoms. The Morgan fingerprint density at radius 2 is 1.83 bits per heavy atom. The van der Waals surface area contributed by atoms with Crippen LogP contribution < -0.4 is 20.1 Å². The number of hydrogen-bond donors (Lipinski definition) is 2. The van der Waals surface area contributed by atoms with Crippen LogP contribution in [0.25, 0.3) is 0 Å². The minimum Gasteiger partial charge on any atom is -0.486 e. The summed E-state index contributed by atoms with van der Waals surface area (Å²) >= 11 is 1.72. The van der Waals surface area contributed by atoms with Crippen LogP contribution in [0.2, 0.25) is 0 Å². The Kier molecular flexibility index (Phi) is 7.58. The number of rotatable bonds is 8. The minimum atomic E-state index is -0.340. The molecule has 2 amide bonds. The monoisotopic (exact) mass is 497 g/mol. The van der Waals surface area contributed by atoms with Crippen LogP contribution >= 0.6 is 11.3 Å². The smallest absolute Gasteiger partial charge is 0.234 e. The van der Waals surface area contributed by atoms with Crippen molar-refractivity contribution in [3.63, 3.8) is 0 Å². The van der Waals surface area contributed by atoms with Crippen molar-refractivity contribution < 1.29 is 19.1 Å². The van der Waals surface area contributed by atoms with E-state index < -0.39 is 0 Å². The van der Waals surface area contributed by atoms with Crippen molar-refractivity contribution in [1.82, 2.24) is 15.5 Å². The number of nitrogens with one attached hydrogen (secondary N) is 2. The second-order valence-corrected chi connectivity index (χ2v) is 10.9. The molecule has 2 aliphatic heterocycles. The Morgan fingerprint density at radius 3 is 2.57 bits per heavy atom. The summed E-state index contributed by atoms with van der Waals surface area (Å²) in [5.41, 5.74) is 0.763. The molecule has 3 aliphatic rings. The number of carbonyl (C=O) groups excluding carboxylic acids is 2. The molecule has 0 spiro atoms. The van der Waals surface area contributed by atoms with E-state index in [2.05, 4.69) is 33.0 Å². The van der Waals surface area contributed by atoms with E-state index in [1.54, 1.807) is 11.3 Å². The van der Waals surface area contributed by atoms with E-state index in [0.29, 0.717) is 26.3 Å². The first kappa shape index (κ1) is 24.1. The fourth-order valence-electron chi connectivity index (χ4n) is 5.58. The molecule has 1 saturated heterocycles. The normalized spacial score (nSPS) is 19.9. The summed E-state index contributed by atoms with van der Waals surface area (Å²) in [5, 5.41) is 8.54. The van der Waals surface area contributed by atoms with Crippen molar-refractivity contribution in [1.29, 1.82) is 0 Å². The third-order valence-electron chi connectivity index (χ3n) is 7.51. The number of amides is 2. The molecular weight excluding hydrogens is 462 g/mol. The lowest BCUT2D eigenvalue weighted by atomic mass is 9.87. The van der Waals surface area contributed by atoms with Crippen molar-refractivity contribution in [2.24, 2.45) is 5.92 Å².